The summed E-state index contributed by atoms with van der Waals surface area (Å²) in [6.45, 7) is 3.86. The SMILES string of the molecule is NC(=O)C1(N2CCCCC2)CCN(CC(=O)N2[C@H]3CC[C@H]2c2snnc2C3)CC1. The van der Waals surface area contributed by atoms with Crippen LogP contribution in [0.5, 0.6) is 0 Å². The summed E-state index contributed by atoms with van der Waals surface area (Å²) in [5.41, 5.74) is 6.47. The summed E-state index contributed by atoms with van der Waals surface area (Å²) >= 11 is 1.45. The van der Waals surface area contributed by atoms with Crippen LogP contribution in [0, 0.1) is 0 Å². The van der Waals surface area contributed by atoms with Gasteiger partial charge >= 0.3 is 0 Å². The lowest BCUT2D eigenvalue weighted by atomic mass is 9.83. The number of nitrogens with zero attached hydrogens (tertiary/aromatic N) is 5. The van der Waals surface area contributed by atoms with E-state index in [0.717, 1.165) is 76.8 Å². The maximum absolute atomic E-state index is 13.2. The molecule has 4 aliphatic rings. The second-order valence-electron chi connectivity index (χ2n) is 9.06. The van der Waals surface area contributed by atoms with Gasteiger partial charge in [0.1, 0.15) is 5.54 Å². The number of amides is 2. The number of aromatic nitrogens is 2. The van der Waals surface area contributed by atoms with Gasteiger partial charge in [0.2, 0.25) is 11.8 Å². The Morgan fingerprint density at radius 2 is 1.86 bits per heavy atom. The fraction of sp³-hybridized carbons (Fsp3) is 0.800. The Bertz CT molecular complexity index is 784. The highest BCUT2D eigenvalue weighted by atomic mass is 32.1. The molecule has 1 aromatic heterocycles. The second-order valence-corrected chi connectivity index (χ2v) is 9.84. The average Bonchev–Trinajstić information content (AvgIpc) is 3.34. The summed E-state index contributed by atoms with van der Waals surface area (Å²) in [6, 6.07) is 0.436. The lowest BCUT2D eigenvalue weighted by Crippen LogP contribution is -2.63. The molecule has 2 bridgehead atoms. The van der Waals surface area contributed by atoms with Crippen LogP contribution in [0.4, 0.5) is 0 Å². The number of rotatable bonds is 4. The zero-order chi connectivity index (χ0) is 20.0. The van der Waals surface area contributed by atoms with Crippen LogP contribution in [0.25, 0.3) is 0 Å². The number of hydrogen-bond donors (Lipinski definition) is 1. The molecule has 0 aliphatic carbocycles. The molecule has 8 nitrogen and oxygen atoms in total. The van der Waals surface area contributed by atoms with Crippen molar-refractivity contribution in [1.29, 1.82) is 0 Å². The van der Waals surface area contributed by atoms with Gasteiger partial charge in [-0.25, -0.2) is 0 Å². The Kier molecular flexibility index (Phi) is 5.08. The first kappa shape index (κ1) is 19.4. The van der Waals surface area contributed by atoms with Crippen LogP contribution < -0.4 is 5.73 Å². The molecule has 3 fully saturated rings. The maximum Gasteiger partial charge on any atom is 0.238 e. The largest absolute Gasteiger partial charge is 0.368 e. The molecule has 4 aliphatic heterocycles. The van der Waals surface area contributed by atoms with Crippen molar-refractivity contribution >= 4 is 23.3 Å². The van der Waals surface area contributed by atoms with Crippen molar-refractivity contribution in [1.82, 2.24) is 24.3 Å². The molecule has 1 aromatic rings. The first-order valence-corrected chi connectivity index (χ1v) is 11.8. The van der Waals surface area contributed by atoms with Crippen LogP contribution in [-0.4, -0.2) is 80.4 Å². The number of likely N-dealkylation sites (tertiary alicyclic amines) is 2. The molecular weight excluding hydrogens is 388 g/mol. The molecule has 0 unspecified atom stereocenters. The van der Waals surface area contributed by atoms with E-state index in [1.165, 1.54) is 22.8 Å². The van der Waals surface area contributed by atoms with E-state index >= 15 is 0 Å². The second kappa shape index (κ2) is 7.59. The Balaban J connectivity index is 1.23. The van der Waals surface area contributed by atoms with Gasteiger partial charge in [0.25, 0.3) is 0 Å². The molecule has 5 heterocycles. The molecular formula is C20H30N6O2S. The van der Waals surface area contributed by atoms with Crippen LogP contribution in [-0.2, 0) is 16.0 Å². The van der Waals surface area contributed by atoms with Gasteiger partial charge in [0.05, 0.1) is 23.2 Å². The van der Waals surface area contributed by atoms with E-state index in [0.29, 0.717) is 6.54 Å². The number of primary amides is 1. The van der Waals surface area contributed by atoms with Crippen molar-refractivity contribution in [3.63, 3.8) is 0 Å². The van der Waals surface area contributed by atoms with Gasteiger partial charge < -0.3 is 10.6 Å². The Hall–Kier alpha value is -1.58. The number of carbonyl (C=O) groups is 2. The standard InChI is InChI=1S/C20H30N6O2S/c21-19(28)20(25-8-2-1-3-9-25)6-10-24(11-7-20)13-17(27)26-14-4-5-16(26)18-15(12-14)22-23-29-18/h14,16H,1-13H2,(H2,21,28)/t14-,16-/m0/s1. The third kappa shape index (κ3) is 3.27. The van der Waals surface area contributed by atoms with E-state index in [9.17, 15) is 9.59 Å². The maximum atomic E-state index is 13.2. The Morgan fingerprint density at radius 1 is 1.10 bits per heavy atom. The number of fused-ring (bicyclic) bond motifs is 4. The number of carbonyl (C=O) groups excluding carboxylic acids is 2. The quantitative estimate of drug-likeness (QED) is 0.782. The van der Waals surface area contributed by atoms with Gasteiger partial charge in [-0.1, -0.05) is 10.9 Å². The van der Waals surface area contributed by atoms with E-state index in [-0.39, 0.29) is 23.9 Å². The third-order valence-corrected chi connectivity index (χ3v) is 8.44. The summed E-state index contributed by atoms with van der Waals surface area (Å²) < 4.78 is 4.10. The van der Waals surface area contributed by atoms with Crippen molar-refractivity contribution in [3.05, 3.63) is 10.6 Å². The lowest BCUT2D eigenvalue weighted by Gasteiger charge is -2.48. The van der Waals surface area contributed by atoms with Crippen molar-refractivity contribution < 1.29 is 9.59 Å². The monoisotopic (exact) mass is 418 g/mol. The first-order chi connectivity index (χ1) is 14.1. The molecule has 9 heteroatoms. The molecule has 0 radical (unpaired) electrons. The van der Waals surface area contributed by atoms with Crippen molar-refractivity contribution in [3.8, 4) is 0 Å². The smallest absolute Gasteiger partial charge is 0.238 e. The van der Waals surface area contributed by atoms with E-state index < -0.39 is 5.54 Å². The highest BCUT2D eigenvalue weighted by molar-refractivity contribution is 7.05. The molecule has 0 aromatic carbocycles. The topological polar surface area (TPSA) is 95.7 Å². The van der Waals surface area contributed by atoms with Gasteiger partial charge in [0.15, 0.2) is 0 Å². The van der Waals surface area contributed by atoms with E-state index in [2.05, 4.69) is 24.3 Å². The van der Waals surface area contributed by atoms with Crippen LogP contribution >= 0.6 is 11.5 Å². The minimum atomic E-state index is -0.521. The normalized spacial score (nSPS) is 29.6. The molecule has 5 rings (SSSR count). The summed E-state index contributed by atoms with van der Waals surface area (Å²) in [7, 11) is 0. The zero-order valence-corrected chi connectivity index (χ0v) is 17.7. The Labute approximate surface area is 175 Å². The number of hydrogen-bond acceptors (Lipinski definition) is 7. The minimum absolute atomic E-state index is 0.166. The lowest BCUT2D eigenvalue weighted by molar-refractivity contribution is -0.138. The average molecular weight is 419 g/mol. The van der Waals surface area contributed by atoms with Crippen LogP contribution in [0.2, 0.25) is 0 Å². The molecule has 0 saturated carbocycles. The molecule has 158 valence electrons. The Morgan fingerprint density at radius 3 is 2.59 bits per heavy atom. The molecule has 2 N–H and O–H groups in total. The predicted molar refractivity (Wildman–Crippen MR) is 109 cm³/mol. The van der Waals surface area contributed by atoms with E-state index in [1.54, 1.807) is 0 Å². The van der Waals surface area contributed by atoms with Gasteiger partial charge in [0, 0.05) is 25.6 Å². The number of piperidine rings is 2. The third-order valence-electron chi connectivity index (χ3n) is 7.57. The molecule has 29 heavy (non-hydrogen) atoms. The van der Waals surface area contributed by atoms with Crippen LogP contribution in [0.3, 0.4) is 0 Å². The molecule has 0 spiro atoms. The first-order valence-electron chi connectivity index (χ1n) is 11.0. The molecule has 3 saturated heterocycles. The van der Waals surface area contributed by atoms with Crippen LogP contribution in [0.15, 0.2) is 0 Å². The zero-order valence-electron chi connectivity index (χ0n) is 16.9. The molecule has 2 atom stereocenters. The van der Waals surface area contributed by atoms with Gasteiger partial charge in [-0.3, -0.25) is 19.4 Å². The summed E-state index contributed by atoms with van der Waals surface area (Å²) in [5, 5.41) is 4.26. The summed E-state index contributed by atoms with van der Waals surface area (Å²) in [5.74, 6) is 0.0192. The fourth-order valence-corrected chi connectivity index (χ4v) is 6.76. The summed E-state index contributed by atoms with van der Waals surface area (Å²) in [4.78, 5) is 33.4. The van der Waals surface area contributed by atoms with Crippen molar-refractivity contribution in [2.24, 2.45) is 5.73 Å². The van der Waals surface area contributed by atoms with Crippen molar-refractivity contribution in [2.75, 3.05) is 32.7 Å². The highest BCUT2D eigenvalue weighted by Crippen LogP contribution is 2.44. The van der Waals surface area contributed by atoms with Gasteiger partial charge in [-0.2, -0.15) is 0 Å². The van der Waals surface area contributed by atoms with E-state index in [4.69, 9.17) is 5.73 Å². The summed E-state index contributed by atoms with van der Waals surface area (Å²) in [6.07, 6.45) is 7.89. The molecule has 2 amide bonds. The highest BCUT2D eigenvalue weighted by Gasteiger charge is 2.47. The van der Waals surface area contributed by atoms with E-state index in [1.807, 2.05) is 0 Å². The van der Waals surface area contributed by atoms with Gasteiger partial charge in [-0.15, -0.1) is 5.10 Å². The van der Waals surface area contributed by atoms with Crippen LogP contribution in [0.1, 0.15) is 61.6 Å². The van der Waals surface area contributed by atoms with Crippen molar-refractivity contribution in [2.45, 2.75) is 69.0 Å². The minimum Gasteiger partial charge on any atom is -0.368 e. The fourth-order valence-electron chi connectivity index (χ4n) is 5.95. The number of nitrogens with two attached hydrogens (primary N) is 1. The van der Waals surface area contributed by atoms with Gasteiger partial charge in [-0.05, 0) is 63.1 Å². The predicted octanol–water partition coefficient (Wildman–Crippen LogP) is 0.932.